The number of carboxylic acids is 2. The first-order chi connectivity index (χ1) is 10.9. The van der Waals surface area contributed by atoms with Gasteiger partial charge in [0.15, 0.2) is 0 Å². The third kappa shape index (κ3) is 4.99. The first kappa shape index (κ1) is 18.0. The molecule has 2 atom stereocenters. The molecule has 0 fully saturated rings. The van der Waals surface area contributed by atoms with Crippen molar-refractivity contribution in [2.75, 3.05) is 0 Å². The van der Waals surface area contributed by atoms with Crippen LogP contribution in [0.4, 0.5) is 0 Å². The summed E-state index contributed by atoms with van der Waals surface area (Å²) in [5, 5.41) is 18.4. The van der Waals surface area contributed by atoms with Crippen LogP contribution in [0.15, 0.2) is 54.6 Å². The fraction of sp³-hybridized carbons (Fsp3) is 0.188. The topological polar surface area (TPSA) is 110 Å². The third-order valence-corrected chi connectivity index (χ3v) is 2.77. The van der Waals surface area contributed by atoms with Crippen molar-refractivity contribution in [1.82, 2.24) is 0 Å². The predicted molar refractivity (Wildman–Crippen MR) is 80.0 cm³/mol. The minimum absolute atomic E-state index is 0.0140. The molecule has 0 aliphatic rings. The lowest BCUT2D eigenvalue weighted by molar-refractivity contribution is -0.174. The molecule has 1 rings (SSSR count). The SMILES string of the molecule is C=C/C(=C\C)C(=O)O[C@@H](C(=O)O)[C@@H](Oc1ccccc1)C(=O)O. The second-order valence-corrected chi connectivity index (χ2v) is 4.30. The zero-order chi connectivity index (χ0) is 17.4. The highest BCUT2D eigenvalue weighted by atomic mass is 16.6. The molecule has 23 heavy (non-hydrogen) atoms. The maximum atomic E-state index is 11.8. The fourth-order valence-corrected chi connectivity index (χ4v) is 1.63. The van der Waals surface area contributed by atoms with Crippen LogP contribution in [-0.4, -0.2) is 40.3 Å². The average Bonchev–Trinajstić information content (AvgIpc) is 2.52. The molecule has 0 unspecified atom stereocenters. The van der Waals surface area contributed by atoms with Crippen molar-refractivity contribution >= 4 is 17.9 Å². The van der Waals surface area contributed by atoms with Gasteiger partial charge in [0.25, 0.3) is 0 Å². The molecule has 1 aromatic carbocycles. The molecule has 0 bridgehead atoms. The van der Waals surface area contributed by atoms with Crippen LogP contribution >= 0.6 is 0 Å². The van der Waals surface area contributed by atoms with E-state index < -0.39 is 30.1 Å². The Kier molecular flexibility index (Phi) is 6.54. The average molecular weight is 320 g/mol. The molecule has 7 nitrogen and oxygen atoms in total. The van der Waals surface area contributed by atoms with Crippen molar-refractivity contribution in [3.05, 3.63) is 54.6 Å². The van der Waals surface area contributed by atoms with Gasteiger partial charge in [0, 0.05) is 0 Å². The highest BCUT2D eigenvalue weighted by molar-refractivity contribution is 5.94. The van der Waals surface area contributed by atoms with E-state index in [2.05, 4.69) is 6.58 Å². The molecule has 0 aromatic heterocycles. The van der Waals surface area contributed by atoms with E-state index in [1.165, 1.54) is 31.2 Å². The van der Waals surface area contributed by atoms with E-state index in [4.69, 9.17) is 9.47 Å². The monoisotopic (exact) mass is 320 g/mol. The van der Waals surface area contributed by atoms with Crippen LogP contribution in [0.5, 0.6) is 5.75 Å². The van der Waals surface area contributed by atoms with Crippen molar-refractivity contribution in [3.8, 4) is 5.75 Å². The predicted octanol–water partition coefficient (Wildman–Crippen LogP) is 1.65. The summed E-state index contributed by atoms with van der Waals surface area (Å²) in [6.45, 7) is 4.92. The Morgan fingerprint density at radius 3 is 2.09 bits per heavy atom. The second kappa shape index (κ2) is 8.38. The molecule has 0 saturated heterocycles. The van der Waals surface area contributed by atoms with E-state index in [-0.39, 0.29) is 11.3 Å². The van der Waals surface area contributed by atoms with Crippen LogP contribution in [-0.2, 0) is 19.1 Å². The number of esters is 1. The summed E-state index contributed by atoms with van der Waals surface area (Å²) >= 11 is 0. The number of rotatable bonds is 8. The quantitative estimate of drug-likeness (QED) is 0.425. The van der Waals surface area contributed by atoms with Crippen molar-refractivity contribution in [2.45, 2.75) is 19.1 Å². The number of ether oxygens (including phenoxy) is 2. The molecule has 1 aromatic rings. The fourth-order valence-electron chi connectivity index (χ4n) is 1.63. The van der Waals surface area contributed by atoms with Crippen LogP contribution in [0.1, 0.15) is 6.92 Å². The normalized spacial score (nSPS) is 13.5. The highest BCUT2D eigenvalue weighted by Gasteiger charge is 2.39. The molecule has 2 N–H and O–H groups in total. The molecular weight excluding hydrogens is 304 g/mol. The van der Waals surface area contributed by atoms with E-state index >= 15 is 0 Å². The highest BCUT2D eigenvalue weighted by Crippen LogP contribution is 2.16. The van der Waals surface area contributed by atoms with E-state index in [0.717, 1.165) is 0 Å². The van der Waals surface area contributed by atoms with E-state index in [0.29, 0.717) is 0 Å². The van der Waals surface area contributed by atoms with Gasteiger partial charge < -0.3 is 19.7 Å². The lowest BCUT2D eigenvalue weighted by atomic mass is 10.2. The van der Waals surface area contributed by atoms with Crippen molar-refractivity contribution in [3.63, 3.8) is 0 Å². The zero-order valence-electron chi connectivity index (χ0n) is 12.3. The Balaban J connectivity index is 3.03. The third-order valence-electron chi connectivity index (χ3n) is 2.77. The summed E-state index contributed by atoms with van der Waals surface area (Å²) in [7, 11) is 0. The van der Waals surface area contributed by atoms with Gasteiger partial charge in [-0.05, 0) is 19.1 Å². The molecule has 0 aliphatic carbocycles. The Labute approximate surface area is 132 Å². The summed E-state index contributed by atoms with van der Waals surface area (Å²) in [5.41, 5.74) is 0.0140. The molecule has 0 aliphatic heterocycles. The first-order valence-corrected chi connectivity index (χ1v) is 6.57. The number of benzene rings is 1. The Bertz CT molecular complexity index is 619. The summed E-state index contributed by atoms with van der Waals surface area (Å²) in [5.74, 6) is -4.08. The summed E-state index contributed by atoms with van der Waals surface area (Å²) < 4.78 is 9.91. The van der Waals surface area contributed by atoms with E-state index in [9.17, 15) is 24.6 Å². The van der Waals surface area contributed by atoms with Crippen LogP contribution in [0.25, 0.3) is 0 Å². The molecule has 0 radical (unpaired) electrons. The molecule has 0 spiro atoms. The summed E-state index contributed by atoms with van der Waals surface area (Å²) in [4.78, 5) is 34.5. The largest absolute Gasteiger partial charge is 0.478 e. The lowest BCUT2D eigenvalue weighted by Gasteiger charge is -2.21. The standard InChI is InChI=1S/C16H16O7/c1-3-10(4-2)16(21)23-13(15(19)20)12(14(17)18)22-11-8-6-5-7-9-11/h3-9,12-13H,1H2,2H3,(H,17,18)(H,19,20)/b10-4+/t12-,13-/m1/s1. The smallest absolute Gasteiger partial charge is 0.349 e. The van der Waals surface area contributed by atoms with Gasteiger partial charge >= 0.3 is 17.9 Å². The molecule has 7 heteroatoms. The number of allylic oxidation sites excluding steroid dienone is 1. The number of para-hydroxylation sites is 1. The molecule has 0 heterocycles. The van der Waals surface area contributed by atoms with Crippen molar-refractivity contribution < 1.29 is 34.1 Å². The Morgan fingerprint density at radius 2 is 1.65 bits per heavy atom. The second-order valence-electron chi connectivity index (χ2n) is 4.30. The van der Waals surface area contributed by atoms with Gasteiger partial charge in [0.2, 0.25) is 12.2 Å². The van der Waals surface area contributed by atoms with Crippen LogP contribution < -0.4 is 4.74 Å². The number of carbonyl (C=O) groups excluding carboxylic acids is 1. The van der Waals surface area contributed by atoms with Gasteiger partial charge in [-0.3, -0.25) is 0 Å². The summed E-state index contributed by atoms with van der Waals surface area (Å²) in [6.07, 6.45) is -1.38. The van der Waals surface area contributed by atoms with Crippen LogP contribution in [0.2, 0.25) is 0 Å². The minimum Gasteiger partial charge on any atom is -0.478 e. The molecule has 0 amide bonds. The van der Waals surface area contributed by atoms with Gasteiger partial charge in [-0.25, -0.2) is 14.4 Å². The molecule has 122 valence electrons. The van der Waals surface area contributed by atoms with Gasteiger partial charge in [0.1, 0.15) is 5.75 Å². The van der Waals surface area contributed by atoms with Crippen LogP contribution in [0, 0.1) is 0 Å². The van der Waals surface area contributed by atoms with Crippen LogP contribution in [0.3, 0.4) is 0 Å². The summed E-state index contributed by atoms with van der Waals surface area (Å²) in [6, 6.07) is 7.77. The van der Waals surface area contributed by atoms with Gasteiger partial charge in [-0.1, -0.05) is 36.9 Å². The number of aliphatic carboxylic acids is 2. The maximum Gasteiger partial charge on any atom is 0.349 e. The lowest BCUT2D eigenvalue weighted by Crippen LogP contribution is -2.46. The van der Waals surface area contributed by atoms with Gasteiger partial charge in [-0.15, -0.1) is 0 Å². The Hall–Kier alpha value is -3.09. The number of carboxylic acid groups (broad SMARTS) is 2. The van der Waals surface area contributed by atoms with E-state index in [1.807, 2.05) is 0 Å². The zero-order valence-corrected chi connectivity index (χ0v) is 12.3. The molecular formula is C16H16O7. The molecule has 0 saturated carbocycles. The number of carbonyl (C=O) groups is 3. The number of hydrogen-bond donors (Lipinski definition) is 2. The first-order valence-electron chi connectivity index (χ1n) is 6.57. The van der Waals surface area contributed by atoms with Crippen molar-refractivity contribution in [2.24, 2.45) is 0 Å². The minimum atomic E-state index is -2.02. The number of hydrogen-bond acceptors (Lipinski definition) is 5. The Morgan fingerprint density at radius 1 is 1.09 bits per heavy atom. The van der Waals surface area contributed by atoms with Crippen molar-refractivity contribution in [1.29, 1.82) is 0 Å². The maximum absolute atomic E-state index is 11.8. The van der Waals surface area contributed by atoms with Gasteiger partial charge in [0.05, 0.1) is 5.57 Å². The van der Waals surface area contributed by atoms with E-state index in [1.54, 1.807) is 18.2 Å². The van der Waals surface area contributed by atoms with Gasteiger partial charge in [-0.2, -0.15) is 0 Å².